The normalized spacial score (nSPS) is 22.0. The summed E-state index contributed by atoms with van der Waals surface area (Å²) >= 11 is 0. The van der Waals surface area contributed by atoms with Crippen molar-refractivity contribution in [2.45, 2.75) is 44.9 Å². The molecule has 1 aromatic rings. The standard InChI is InChI=1S/C18H25NO2/c20-11-9-14-4-3-10-19(13-14)18(21)17-8-7-15-5-1-2-6-16(15)12-17/h7-8,12,14,20H,1-6,9-11,13H2. The Labute approximate surface area is 127 Å². The Kier molecular flexibility index (Phi) is 4.59. The minimum absolute atomic E-state index is 0.172. The van der Waals surface area contributed by atoms with Gasteiger partial charge in [0, 0.05) is 25.3 Å². The second kappa shape index (κ2) is 6.61. The van der Waals surface area contributed by atoms with Crippen molar-refractivity contribution in [1.29, 1.82) is 0 Å². The van der Waals surface area contributed by atoms with E-state index in [4.69, 9.17) is 5.11 Å². The highest BCUT2D eigenvalue weighted by Gasteiger charge is 2.24. The van der Waals surface area contributed by atoms with Crippen LogP contribution < -0.4 is 0 Å². The summed E-state index contributed by atoms with van der Waals surface area (Å²) in [7, 11) is 0. The van der Waals surface area contributed by atoms with Gasteiger partial charge in [0.05, 0.1) is 0 Å². The molecule has 114 valence electrons. The van der Waals surface area contributed by atoms with E-state index in [1.165, 1.54) is 24.0 Å². The Bertz CT molecular complexity index is 510. The summed E-state index contributed by atoms with van der Waals surface area (Å²) in [6.45, 7) is 1.89. The molecule has 3 rings (SSSR count). The van der Waals surface area contributed by atoms with Gasteiger partial charge in [0.15, 0.2) is 0 Å². The van der Waals surface area contributed by atoms with Crippen LogP contribution in [0.5, 0.6) is 0 Å². The first-order chi connectivity index (χ1) is 10.3. The van der Waals surface area contributed by atoms with E-state index in [-0.39, 0.29) is 12.5 Å². The van der Waals surface area contributed by atoms with Gasteiger partial charge in [-0.25, -0.2) is 0 Å². The summed E-state index contributed by atoms with van der Waals surface area (Å²) in [6, 6.07) is 6.27. The first-order valence-corrected chi connectivity index (χ1v) is 8.30. The molecule has 1 unspecified atom stereocenters. The molecular formula is C18H25NO2. The first kappa shape index (κ1) is 14.6. The topological polar surface area (TPSA) is 40.5 Å². The lowest BCUT2D eigenvalue weighted by atomic mass is 9.90. The van der Waals surface area contributed by atoms with Crippen molar-refractivity contribution in [2.24, 2.45) is 5.92 Å². The van der Waals surface area contributed by atoms with Crippen LogP contribution in [-0.4, -0.2) is 35.6 Å². The van der Waals surface area contributed by atoms with Crippen LogP contribution in [0.3, 0.4) is 0 Å². The van der Waals surface area contributed by atoms with Crippen molar-refractivity contribution in [3.8, 4) is 0 Å². The van der Waals surface area contributed by atoms with Crippen LogP contribution in [0.15, 0.2) is 18.2 Å². The molecule has 21 heavy (non-hydrogen) atoms. The largest absolute Gasteiger partial charge is 0.396 e. The number of likely N-dealkylation sites (tertiary alicyclic amines) is 1. The summed E-state index contributed by atoms with van der Waals surface area (Å²) in [6.07, 6.45) is 7.79. The number of nitrogens with zero attached hydrogens (tertiary/aromatic N) is 1. The van der Waals surface area contributed by atoms with E-state index in [2.05, 4.69) is 12.1 Å². The van der Waals surface area contributed by atoms with E-state index in [0.29, 0.717) is 5.92 Å². The average Bonchev–Trinajstić information content (AvgIpc) is 2.54. The molecule has 1 N–H and O–H groups in total. The molecule has 0 spiro atoms. The van der Waals surface area contributed by atoms with Crippen LogP contribution in [0.4, 0.5) is 0 Å². The Morgan fingerprint density at radius 2 is 2.00 bits per heavy atom. The number of piperidine rings is 1. The maximum Gasteiger partial charge on any atom is 0.253 e. The number of fused-ring (bicyclic) bond motifs is 1. The molecule has 1 aliphatic heterocycles. The number of hydrogen-bond acceptors (Lipinski definition) is 2. The maximum absolute atomic E-state index is 12.7. The molecule has 0 aromatic heterocycles. The number of aryl methyl sites for hydroxylation is 2. The van der Waals surface area contributed by atoms with Gasteiger partial charge in [-0.05, 0) is 74.1 Å². The van der Waals surface area contributed by atoms with Gasteiger partial charge in [0.2, 0.25) is 0 Å². The van der Waals surface area contributed by atoms with Crippen LogP contribution in [0.2, 0.25) is 0 Å². The van der Waals surface area contributed by atoms with E-state index in [1.807, 2.05) is 11.0 Å². The van der Waals surface area contributed by atoms with E-state index in [9.17, 15) is 4.79 Å². The predicted octanol–water partition coefficient (Wildman–Crippen LogP) is 2.80. The third-order valence-electron chi connectivity index (χ3n) is 4.94. The Balaban J connectivity index is 1.72. The Morgan fingerprint density at radius 3 is 2.81 bits per heavy atom. The molecule has 1 heterocycles. The smallest absolute Gasteiger partial charge is 0.253 e. The zero-order chi connectivity index (χ0) is 14.7. The number of rotatable bonds is 3. The van der Waals surface area contributed by atoms with Gasteiger partial charge in [-0.3, -0.25) is 4.79 Å². The van der Waals surface area contributed by atoms with Gasteiger partial charge in [-0.2, -0.15) is 0 Å². The highest BCUT2D eigenvalue weighted by atomic mass is 16.3. The van der Waals surface area contributed by atoms with E-state index >= 15 is 0 Å². The molecule has 1 fully saturated rings. The fraction of sp³-hybridized carbons (Fsp3) is 0.611. The lowest BCUT2D eigenvalue weighted by Gasteiger charge is -2.33. The second-order valence-corrected chi connectivity index (χ2v) is 6.46. The van der Waals surface area contributed by atoms with Crippen molar-refractivity contribution in [1.82, 2.24) is 4.90 Å². The van der Waals surface area contributed by atoms with Gasteiger partial charge in [0.1, 0.15) is 0 Å². The molecule has 1 amide bonds. The predicted molar refractivity (Wildman–Crippen MR) is 83.4 cm³/mol. The van der Waals surface area contributed by atoms with Gasteiger partial charge in [-0.1, -0.05) is 6.07 Å². The highest BCUT2D eigenvalue weighted by Crippen LogP contribution is 2.25. The molecule has 3 nitrogen and oxygen atoms in total. The van der Waals surface area contributed by atoms with E-state index in [1.54, 1.807) is 0 Å². The molecule has 1 saturated heterocycles. The summed E-state index contributed by atoms with van der Waals surface area (Å²) in [5.74, 6) is 0.636. The number of carbonyl (C=O) groups is 1. The van der Waals surface area contributed by atoms with Crippen LogP contribution >= 0.6 is 0 Å². The van der Waals surface area contributed by atoms with Crippen LogP contribution in [-0.2, 0) is 12.8 Å². The Hall–Kier alpha value is -1.35. The van der Waals surface area contributed by atoms with Crippen LogP contribution in [0, 0.1) is 5.92 Å². The van der Waals surface area contributed by atoms with Gasteiger partial charge in [0.25, 0.3) is 5.91 Å². The lowest BCUT2D eigenvalue weighted by Crippen LogP contribution is -2.40. The molecule has 3 heteroatoms. The number of hydrogen-bond donors (Lipinski definition) is 1. The minimum Gasteiger partial charge on any atom is -0.396 e. The molecular weight excluding hydrogens is 262 g/mol. The third-order valence-corrected chi connectivity index (χ3v) is 4.94. The molecule has 0 bridgehead atoms. The van der Waals surface area contributed by atoms with E-state index in [0.717, 1.165) is 50.8 Å². The van der Waals surface area contributed by atoms with Crippen molar-refractivity contribution >= 4 is 5.91 Å². The number of amides is 1. The maximum atomic E-state index is 12.7. The third kappa shape index (κ3) is 3.29. The fourth-order valence-corrected chi connectivity index (χ4v) is 3.72. The SMILES string of the molecule is O=C(c1ccc2c(c1)CCCC2)N1CCCC(CCO)C1. The number of carbonyl (C=O) groups excluding carboxylic acids is 1. The lowest BCUT2D eigenvalue weighted by molar-refractivity contribution is 0.0653. The monoisotopic (exact) mass is 287 g/mol. The van der Waals surface area contributed by atoms with Crippen molar-refractivity contribution in [3.05, 3.63) is 34.9 Å². The Morgan fingerprint density at radius 1 is 1.19 bits per heavy atom. The van der Waals surface area contributed by atoms with Crippen LogP contribution in [0.25, 0.3) is 0 Å². The number of benzene rings is 1. The molecule has 0 saturated carbocycles. The van der Waals surface area contributed by atoms with Gasteiger partial charge >= 0.3 is 0 Å². The van der Waals surface area contributed by atoms with E-state index < -0.39 is 0 Å². The molecule has 1 aromatic carbocycles. The summed E-state index contributed by atoms with van der Waals surface area (Å²) < 4.78 is 0. The zero-order valence-electron chi connectivity index (χ0n) is 12.7. The molecule has 0 radical (unpaired) electrons. The summed E-state index contributed by atoms with van der Waals surface area (Å²) in [4.78, 5) is 14.7. The number of aliphatic hydroxyl groups excluding tert-OH is 1. The van der Waals surface area contributed by atoms with Crippen molar-refractivity contribution in [3.63, 3.8) is 0 Å². The van der Waals surface area contributed by atoms with Crippen molar-refractivity contribution in [2.75, 3.05) is 19.7 Å². The summed E-state index contributed by atoms with van der Waals surface area (Å²) in [5, 5.41) is 9.09. The van der Waals surface area contributed by atoms with Gasteiger partial charge in [-0.15, -0.1) is 0 Å². The minimum atomic E-state index is 0.172. The molecule has 1 atom stereocenters. The highest BCUT2D eigenvalue weighted by molar-refractivity contribution is 5.94. The average molecular weight is 287 g/mol. The first-order valence-electron chi connectivity index (χ1n) is 8.30. The number of aliphatic hydroxyl groups is 1. The van der Waals surface area contributed by atoms with Gasteiger partial charge < -0.3 is 10.0 Å². The second-order valence-electron chi connectivity index (χ2n) is 6.46. The zero-order valence-corrected chi connectivity index (χ0v) is 12.7. The fourth-order valence-electron chi connectivity index (χ4n) is 3.72. The quantitative estimate of drug-likeness (QED) is 0.928. The van der Waals surface area contributed by atoms with Crippen LogP contribution in [0.1, 0.15) is 53.6 Å². The molecule has 1 aliphatic carbocycles. The summed E-state index contributed by atoms with van der Waals surface area (Å²) in [5.41, 5.74) is 3.64. The molecule has 2 aliphatic rings. The van der Waals surface area contributed by atoms with Crippen molar-refractivity contribution < 1.29 is 9.90 Å².